The molecule has 0 unspecified atom stereocenters. The summed E-state index contributed by atoms with van der Waals surface area (Å²) in [6.07, 6.45) is 8.34. The normalized spacial score (nSPS) is 19.4. The highest BCUT2D eigenvalue weighted by atomic mass is 16.5. The van der Waals surface area contributed by atoms with E-state index in [1.54, 1.807) is 17.3 Å². The van der Waals surface area contributed by atoms with Gasteiger partial charge < -0.3 is 39.9 Å². The Kier molecular flexibility index (Phi) is 12.4. The third-order valence-corrected chi connectivity index (χ3v) is 11.5. The summed E-state index contributed by atoms with van der Waals surface area (Å²) in [7, 11) is 1.25. The Morgan fingerprint density at radius 1 is 0.770 bits per heavy atom. The van der Waals surface area contributed by atoms with Crippen molar-refractivity contribution < 1.29 is 28.7 Å². The second-order valence-electron chi connectivity index (χ2n) is 15.4. The predicted molar refractivity (Wildman–Crippen MR) is 227 cm³/mol. The minimum atomic E-state index is -0.896. The molecule has 3 saturated heterocycles. The lowest BCUT2D eigenvalue weighted by atomic mass is 10.0. The van der Waals surface area contributed by atoms with Gasteiger partial charge in [0.25, 0.3) is 0 Å². The van der Waals surface area contributed by atoms with Gasteiger partial charge in [-0.3, -0.25) is 14.4 Å². The molecule has 3 aliphatic rings. The van der Waals surface area contributed by atoms with Crippen molar-refractivity contribution in [3.05, 3.63) is 132 Å². The number of nitrogens with one attached hydrogen (secondary N) is 4. The van der Waals surface area contributed by atoms with Crippen LogP contribution in [0.25, 0.3) is 22.5 Å². The number of aromatic nitrogens is 4. The van der Waals surface area contributed by atoms with Crippen LogP contribution in [-0.2, 0) is 23.9 Å². The van der Waals surface area contributed by atoms with Gasteiger partial charge in [-0.1, -0.05) is 72.5 Å². The monoisotopic (exact) mass is 820 g/mol. The van der Waals surface area contributed by atoms with Gasteiger partial charge in [-0.25, -0.2) is 14.8 Å². The average Bonchev–Trinajstić information content (AvgIpc) is 4.16. The quantitative estimate of drug-likeness (QED) is 0.0909. The highest BCUT2D eigenvalue weighted by Gasteiger charge is 2.38. The van der Waals surface area contributed by atoms with E-state index in [9.17, 15) is 19.2 Å². The first-order valence-corrected chi connectivity index (χ1v) is 20.7. The molecule has 0 saturated carbocycles. The van der Waals surface area contributed by atoms with E-state index >= 15 is 0 Å². The van der Waals surface area contributed by atoms with Crippen molar-refractivity contribution in [2.45, 2.75) is 68.8 Å². The molecular weight excluding hydrogens is 773 g/mol. The summed E-state index contributed by atoms with van der Waals surface area (Å²) in [6.45, 7) is 5.37. The fourth-order valence-corrected chi connectivity index (χ4v) is 8.25. The number of amides is 4. The number of carbonyl (C=O) groups is 4. The van der Waals surface area contributed by atoms with Gasteiger partial charge in [-0.2, -0.15) is 0 Å². The van der Waals surface area contributed by atoms with Gasteiger partial charge in [0.1, 0.15) is 29.8 Å². The molecule has 61 heavy (non-hydrogen) atoms. The predicted octanol–water partition coefficient (Wildman–Crippen LogP) is 6.14. The van der Waals surface area contributed by atoms with Crippen LogP contribution >= 0.6 is 0 Å². The van der Waals surface area contributed by atoms with E-state index < -0.39 is 24.3 Å². The number of nitrogens with zero attached hydrogens (tertiary/aromatic N) is 4. The smallest absolute Gasteiger partial charge is 0.407 e. The molecule has 5 heterocycles. The Morgan fingerprint density at radius 2 is 1.33 bits per heavy atom. The van der Waals surface area contributed by atoms with E-state index in [-0.39, 0.29) is 29.8 Å². The molecule has 0 aliphatic carbocycles. The maximum atomic E-state index is 14.2. The molecule has 312 valence electrons. The first kappa shape index (κ1) is 40.8. The number of rotatable bonds is 11. The van der Waals surface area contributed by atoms with E-state index in [0.29, 0.717) is 37.8 Å². The Bertz CT molecular complexity index is 2430. The van der Waals surface area contributed by atoms with Gasteiger partial charge in [0.15, 0.2) is 0 Å². The van der Waals surface area contributed by atoms with Gasteiger partial charge in [0.2, 0.25) is 17.7 Å². The number of benzene rings is 3. The number of imidazole rings is 2. The molecule has 3 fully saturated rings. The fourth-order valence-electron chi connectivity index (χ4n) is 8.25. The molecule has 5 aromatic rings. The third kappa shape index (κ3) is 9.12. The molecule has 4 amide bonds. The van der Waals surface area contributed by atoms with Crippen LogP contribution < -0.4 is 10.6 Å². The first-order valence-electron chi connectivity index (χ1n) is 20.7. The van der Waals surface area contributed by atoms with Gasteiger partial charge >= 0.3 is 6.09 Å². The summed E-state index contributed by atoms with van der Waals surface area (Å²) in [5.74, 6) is 7.20. The topological polar surface area (TPSA) is 175 Å². The van der Waals surface area contributed by atoms with Crippen LogP contribution in [0, 0.1) is 11.8 Å². The summed E-state index contributed by atoms with van der Waals surface area (Å²) < 4.78 is 10.3. The van der Waals surface area contributed by atoms with Crippen molar-refractivity contribution in [1.82, 2.24) is 40.4 Å². The van der Waals surface area contributed by atoms with Crippen molar-refractivity contribution in [2.24, 2.45) is 0 Å². The van der Waals surface area contributed by atoms with Crippen LogP contribution in [-0.4, -0.2) is 92.5 Å². The second kappa shape index (κ2) is 18.5. The molecule has 5 atom stereocenters. The lowest BCUT2D eigenvalue weighted by Gasteiger charge is -2.29. The van der Waals surface area contributed by atoms with E-state index in [2.05, 4.69) is 48.7 Å². The molecule has 14 heteroatoms. The molecule has 0 radical (unpaired) electrons. The van der Waals surface area contributed by atoms with Crippen LogP contribution in [0.3, 0.4) is 0 Å². The Balaban J connectivity index is 0.894. The SMILES string of the molecule is C=C[C@@H](NC(=O)OC)C(=O)N1CCC[C@H]1c1ncc(-c2ccc(C#Cc3ccc(-c4cnc([C@@H]5CCCN5C(=O)[C@H](NC(=O)[C@@H]5CCCO5)c5ccccc5)[nH]4)cc3)cc2)[nH]1. The van der Waals surface area contributed by atoms with Gasteiger partial charge in [-0.15, -0.1) is 6.58 Å². The number of ether oxygens (including phenoxy) is 2. The molecule has 2 aromatic heterocycles. The fraction of sp³-hybridized carbons (Fsp3) is 0.319. The largest absolute Gasteiger partial charge is 0.453 e. The molecule has 0 bridgehead atoms. The van der Waals surface area contributed by atoms with Crippen LogP contribution in [0.5, 0.6) is 0 Å². The van der Waals surface area contributed by atoms with Crippen molar-refractivity contribution >= 4 is 23.8 Å². The maximum Gasteiger partial charge on any atom is 0.407 e. The van der Waals surface area contributed by atoms with Gasteiger partial charge in [0, 0.05) is 30.8 Å². The van der Waals surface area contributed by atoms with E-state index in [1.807, 2.05) is 83.8 Å². The second-order valence-corrected chi connectivity index (χ2v) is 15.4. The van der Waals surface area contributed by atoms with Gasteiger partial charge in [0.05, 0.1) is 43.0 Å². The van der Waals surface area contributed by atoms with Gasteiger partial charge in [-0.05, 0) is 79.5 Å². The number of carbonyl (C=O) groups excluding carboxylic acids is 4. The average molecular weight is 821 g/mol. The molecule has 0 spiro atoms. The number of aromatic amines is 2. The van der Waals surface area contributed by atoms with Crippen molar-refractivity contribution in [3.8, 4) is 34.4 Å². The van der Waals surface area contributed by atoms with E-state index in [4.69, 9.17) is 9.72 Å². The Hall–Kier alpha value is -6.98. The number of hydrogen-bond acceptors (Lipinski definition) is 8. The molecular formula is C47H48N8O6. The number of hydrogen-bond donors (Lipinski definition) is 4. The minimum Gasteiger partial charge on any atom is -0.453 e. The van der Waals surface area contributed by atoms with Crippen LogP contribution in [0.2, 0.25) is 0 Å². The van der Waals surface area contributed by atoms with Crippen LogP contribution in [0.4, 0.5) is 4.79 Å². The lowest BCUT2D eigenvalue weighted by Crippen LogP contribution is -2.47. The zero-order chi connectivity index (χ0) is 42.3. The Labute approximate surface area is 354 Å². The number of likely N-dealkylation sites (tertiary alicyclic amines) is 2. The van der Waals surface area contributed by atoms with E-state index in [1.165, 1.54) is 13.2 Å². The number of alkyl carbamates (subject to hydrolysis) is 1. The molecule has 3 aromatic carbocycles. The summed E-state index contributed by atoms with van der Waals surface area (Å²) in [4.78, 5) is 72.0. The van der Waals surface area contributed by atoms with E-state index in [0.717, 1.165) is 71.3 Å². The lowest BCUT2D eigenvalue weighted by molar-refractivity contribution is -0.140. The summed E-state index contributed by atoms with van der Waals surface area (Å²) >= 11 is 0. The zero-order valence-corrected chi connectivity index (χ0v) is 33.9. The van der Waals surface area contributed by atoms with Crippen LogP contribution in [0.15, 0.2) is 104 Å². The molecule has 14 nitrogen and oxygen atoms in total. The van der Waals surface area contributed by atoms with Crippen molar-refractivity contribution in [1.29, 1.82) is 0 Å². The Morgan fingerprint density at radius 3 is 1.84 bits per heavy atom. The summed E-state index contributed by atoms with van der Waals surface area (Å²) in [6, 6.07) is 22.9. The summed E-state index contributed by atoms with van der Waals surface area (Å²) in [5.41, 5.74) is 5.96. The minimum absolute atomic E-state index is 0.164. The first-order chi connectivity index (χ1) is 29.8. The highest BCUT2D eigenvalue weighted by molar-refractivity contribution is 5.91. The number of H-pyrrole nitrogens is 2. The third-order valence-electron chi connectivity index (χ3n) is 11.5. The van der Waals surface area contributed by atoms with Crippen LogP contribution in [0.1, 0.15) is 85.0 Å². The standard InChI is InChI=1S/C47H48N8O6/c1-3-35(52-47(59)60-2)45(57)54-25-7-12-38(54)42-48-28-36(50-42)32-21-17-30(18-22-32)15-16-31-19-23-33(24-20-31)37-29-49-43(51-37)39-13-8-26-55(39)46(58)41(34-10-5-4-6-11-34)53-44(56)40-14-9-27-61-40/h3-6,10-11,17-24,28-29,35,38-41H,1,7-9,12-14,25-27H2,2H3,(H,48,50)(H,49,51)(H,52,59)(H,53,56)/t35-,38+,39+,40+,41-/m1/s1. The van der Waals surface area contributed by atoms with Crippen molar-refractivity contribution in [2.75, 3.05) is 26.8 Å². The summed E-state index contributed by atoms with van der Waals surface area (Å²) in [5, 5.41) is 5.51. The molecule has 8 rings (SSSR count). The molecule has 3 aliphatic heterocycles. The van der Waals surface area contributed by atoms with Crippen molar-refractivity contribution in [3.63, 3.8) is 0 Å². The maximum absolute atomic E-state index is 14.2. The number of methoxy groups -OCH3 is 1. The zero-order valence-electron chi connectivity index (χ0n) is 33.9. The molecule has 4 N–H and O–H groups in total. The highest BCUT2D eigenvalue weighted by Crippen LogP contribution is 2.35.